The summed E-state index contributed by atoms with van der Waals surface area (Å²) in [6, 6.07) is 0. The van der Waals surface area contributed by atoms with Gasteiger partial charge in [-0.25, -0.2) is 5.84 Å². The predicted octanol–water partition coefficient (Wildman–Crippen LogP) is 0.706. The first-order valence-corrected chi connectivity index (χ1v) is 6.64. The van der Waals surface area contributed by atoms with Crippen LogP contribution in [0.1, 0.15) is 20.3 Å². The highest BCUT2D eigenvalue weighted by molar-refractivity contribution is 5.44. The van der Waals surface area contributed by atoms with Gasteiger partial charge in [-0.2, -0.15) is 15.0 Å². The molecule has 2 unspecified atom stereocenters. The molecule has 0 spiro atoms. The van der Waals surface area contributed by atoms with Crippen molar-refractivity contribution < 1.29 is 0 Å². The number of nitrogens with one attached hydrogen (secondary N) is 1. The van der Waals surface area contributed by atoms with E-state index in [0.29, 0.717) is 29.7 Å². The minimum absolute atomic E-state index is 0.402. The van der Waals surface area contributed by atoms with E-state index in [-0.39, 0.29) is 0 Å². The van der Waals surface area contributed by atoms with Gasteiger partial charge in [0, 0.05) is 27.2 Å². The maximum Gasteiger partial charge on any atom is 0.243 e. The van der Waals surface area contributed by atoms with Gasteiger partial charge in [0.2, 0.25) is 17.8 Å². The summed E-state index contributed by atoms with van der Waals surface area (Å²) in [5, 5.41) is 0. The molecule has 1 aromatic heterocycles. The first-order valence-electron chi connectivity index (χ1n) is 6.64. The fourth-order valence-electron chi connectivity index (χ4n) is 2.59. The Hall–Kier alpha value is -1.63. The summed E-state index contributed by atoms with van der Waals surface area (Å²) in [7, 11) is 3.81. The number of piperidine rings is 1. The quantitative estimate of drug-likeness (QED) is 0.615. The van der Waals surface area contributed by atoms with E-state index >= 15 is 0 Å². The van der Waals surface area contributed by atoms with Gasteiger partial charge < -0.3 is 9.80 Å². The molecule has 1 aromatic rings. The van der Waals surface area contributed by atoms with Crippen molar-refractivity contribution in [2.24, 2.45) is 17.7 Å². The average Bonchev–Trinajstić information content (AvgIpc) is 2.37. The summed E-state index contributed by atoms with van der Waals surface area (Å²) in [4.78, 5) is 17.2. The Morgan fingerprint density at radius 1 is 1.16 bits per heavy atom. The lowest BCUT2D eigenvalue weighted by Crippen LogP contribution is -2.40. The SMILES string of the molecule is CC1CC(C)CN(c2nc(NN)nc(N(C)C)n2)C1. The lowest BCUT2D eigenvalue weighted by Gasteiger charge is -2.35. The molecule has 3 N–H and O–H groups in total. The number of hydrazine groups is 1. The van der Waals surface area contributed by atoms with E-state index in [1.165, 1.54) is 6.42 Å². The Kier molecular flexibility index (Phi) is 4.04. The second-order valence-corrected chi connectivity index (χ2v) is 5.65. The minimum atomic E-state index is 0.402. The molecule has 1 fully saturated rings. The summed E-state index contributed by atoms with van der Waals surface area (Å²) in [6.07, 6.45) is 1.25. The van der Waals surface area contributed by atoms with Crippen molar-refractivity contribution in [2.75, 3.05) is 42.4 Å². The summed E-state index contributed by atoms with van der Waals surface area (Å²) >= 11 is 0. The van der Waals surface area contributed by atoms with E-state index < -0.39 is 0 Å². The van der Waals surface area contributed by atoms with Gasteiger partial charge in [-0.3, -0.25) is 5.43 Å². The molecule has 0 amide bonds. The lowest BCUT2D eigenvalue weighted by molar-refractivity contribution is 0.353. The molecule has 2 atom stereocenters. The van der Waals surface area contributed by atoms with Gasteiger partial charge in [0.15, 0.2) is 0 Å². The Morgan fingerprint density at radius 2 is 1.79 bits per heavy atom. The van der Waals surface area contributed by atoms with Crippen LogP contribution in [-0.4, -0.2) is 42.1 Å². The standard InChI is InChI=1S/C12H23N7/c1-8-5-9(2)7-19(6-8)12-15-10(17-13)14-11(16-12)18(3)4/h8-9H,5-7,13H2,1-4H3,(H,14,15,16,17). The second-order valence-electron chi connectivity index (χ2n) is 5.65. The third kappa shape index (κ3) is 3.23. The van der Waals surface area contributed by atoms with Crippen molar-refractivity contribution >= 4 is 17.8 Å². The monoisotopic (exact) mass is 265 g/mol. The molecule has 2 heterocycles. The molecular weight excluding hydrogens is 242 g/mol. The van der Waals surface area contributed by atoms with E-state index in [0.717, 1.165) is 13.1 Å². The van der Waals surface area contributed by atoms with Gasteiger partial charge in [0.05, 0.1) is 0 Å². The van der Waals surface area contributed by atoms with Crippen LogP contribution in [0.3, 0.4) is 0 Å². The number of rotatable bonds is 3. The molecule has 0 saturated carbocycles. The first-order chi connectivity index (χ1) is 8.99. The van der Waals surface area contributed by atoms with Crippen LogP contribution in [0.5, 0.6) is 0 Å². The number of nitrogen functional groups attached to an aromatic ring is 1. The number of hydrogen-bond acceptors (Lipinski definition) is 7. The normalized spacial score (nSPS) is 23.3. The van der Waals surface area contributed by atoms with Crippen molar-refractivity contribution in [3.63, 3.8) is 0 Å². The van der Waals surface area contributed by atoms with Crippen LogP contribution in [0.2, 0.25) is 0 Å². The van der Waals surface area contributed by atoms with Crippen molar-refractivity contribution in [3.8, 4) is 0 Å². The molecule has 19 heavy (non-hydrogen) atoms. The molecule has 2 rings (SSSR count). The summed E-state index contributed by atoms with van der Waals surface area (Å²) in [5.74, 6) is 8.45. The van der Waals surface area contributed by atoms with Crippen LogP contribution in [0, 0.1) is 11.8 Å². The van der Waals surface area contributed by atoms with Crippen LogP contribution in [0.25, 0.3) is 0 Å². The highest BCUT2D eigenvalue weighted by Gasteiger charge is 2.24. The zero-order valence-corrected chi connectivity index (χ0v) is 12.1. The van der Waals surface area contributed by atoms with Crippen molar-refractivity contribution in [1.82, 2.24) is 15.0 Å². The molecule has 1 aliphatic rings. The Bertz CT molecular complexity index is 424. The largest absolute Gasteiger partial charge is 0.347 e. The fourth-order valence-corrected chi connectivity index (χ4v) is 2.59. The Balaban J connectivity index is 2.30. The van der Waals surface area contributed by atoms with Crippen LogP contribution < -0.4 is 21.1 Å². The van der Waals surface area contributed by atoms with Gasteiger partial charge in [-0.15, -0.1) is 0 Å². The van der Waals surface area contributed by atoms with Gasteiger partial charge in [0.1, 0.15) is 0 Å². The summed E-state index contributed by atoms with van der Waals surface area (Å²) < 4.78 is 0. The minimum Gasteiger partial charge on any atom is -0.347 e. The molecule has 0 bridgehead atoms. The molecule has 0 radical (unpaired) electrons. The van der Waals surface area contributed by atoms with E-state index in [9.17, 15) is 0 Å². The molecule has 106 valence electrons. The number of nitrogens with two attached hydrogens (primary N) is 1. The van der Waals surface area contributed by atoms with E-state index in [1.54, 1.807) is 0 Å². The van der Waals surface area contributed by atoms with Crippen molar-refractivity contribution in [2.45, 2.75) is 20.3 Å². The van der Waals surface area contributed by atoms with Crippen LogP contribution in [0.4, 0.5) is 17.8 Å². The highest BCUT2D eigenvalue weighted by Crippen LogP contribution is 2.25. The third-order valence-electron chi connectivity index (χ3n) is 3.29. The third-order valence-corrected chi connectivity index (χ3v) is 3.29. The predicted molar refractivity (Wildman–Crippen MR) is 77.1 cm³/mol. The molecular formula is C12H23N7. The number of hydrogen-bond donors (Lipinski definition) is 2. The smallest absolute Gasteiger partial charge is 0.243 e. The number of anilines is 3. The molecule has 1 saturated heterocycles. The van der Waals surface area contributed by atoms with E-state index in [4.69, 9.17) is 5.84 Å². The average molecular weight is 265 g/mol. The number of nitrogens with zero attached hydrogens (tertiary/aromatic N) is 5. The van der Waals surface area contributed by atoms with Gasteiger partial charge in [-0.05, 0) is 18.3 Å². The first kappa shape index (κ1) is 13.8. The second kappa shape index (κ2) is 5.56. The maximum atomic E-state index is 5.43. The zero-order chi connectivity index (χ0) is 14.0. The molecule has 0 aromatic carbocycles. The van der Waals surface area contributed by atoms with Crippen LogP contribution >= 0.6 is 0 Å². The van der Waals surface area contributed by atoms with E-state index in [1.807, 2.05) is 19.0 Å². The molecule has 0 aliphatic carbocycles. The highest BCUT2D eigenvalue weighted by atomic mass is 15.4. The Labute approximate surface area is 114 Å². The fraction of sp³-hybridized carbons (Fsp3) is 0.750. The molecule has 1 aliphatic heterocycles. The van der Waals surface area contributed by atoms with Gasteiger partial charge in [0.25, 0.3) is 0 Å². The van der Waals surface area contributed by atoms with Gasteiger partial charge in [-0.1, -0.05) is 13.8 Å². The van der Waals surface area contributed by atoms with Crippen LogP contribution in [-0.2, 0) is 0 Å². The maximum absolute atomic E-state index is 5.43. The van der Waals surface area contributed by atoms with E-state index in [2.05, 4.69) is 39.1 Å². The topological polar surface area (TPSA) is 83.2 Å². The molecule has 7 heteroatoms. The Morgan fingerprint density at radius 3 is 2.32 bits per heavy atom. The van der Waals surface area contributed by atoms with Crippen LogP contribution in [0.15, 0.2) is 0 Å². The van der Waals surface area contributed by atoms with Crippen molar-refractivity contribution in [3.05, 3.63) is 0 Å². The molecule has 7 nitrogen and oxygen atoms in total. The number of aromatic nitrogens is 3. The lowest BCUT2D eigenvalue weighted by atomic mass is 9.92. The summed E-state index contributed by atoms with van der Waals surface area (Å²) in [5.41, 5.74) is 2.51. The van der Waals surface area contributed by atoms with Crippen molar-refractivity contribution in [1.29, 1.82) is 0 Å². The van der Waals surface area contributed by atoms with Gasteiger partial charge >= 0.3 is 0 Å². The summed E-state index contributed by atoms with van der Waals surface area (Å²) in [6.45, 7) is 6.48. The zero-order valence-electron chi connectivity index (χ0n) is 12.1.